The molecule has 2 rings (SSSR count). The highest BCUT2D eigenvalue weighted by molar-refractivity contribution is 5.19. The molecule has 1 aromatic heterocycles. The SMILES string of the molecule is Cc1nn(C)cc1C(C)NC1CCOCC1. The molecule has 1 aliphatic heterocycles. The lowest BCUT2D eigenvalue weighted by Gasteiger charge is -2.26. The van der Waals surface area contributed by atoms with E-state index in [2.05, 4.69) is 30.5 Å². The Kier molecular flexibility index (Phi) is 3.61. The second-order valence-electron chi connectivity index (χ2n) is 4.62. The molecule has 0 spiro atoms. The van der Waals surface area contributed by atoms with Gasteiger partial charge in [-0.1, -0.05) is 0 Å². The second-order valence-corrected chi connectivity index (χ2v) is 4.62. The lowest BCUT2D eigenvalue weighted by molar-refractivity contribution is 0.0754. The van der Waals surface area contributed by atoms with Gasteiger partial charge in [0.15, 0.2) is 0 Å². The summed E-state index contributed by atoms with van der Waals surface area (Å²) >= 11 is 0. The lowest BCUT2D eigenvalue weighted by Crippen LogP contribution is -2.36. The largest absolute Gasteiger partial charge is 0.381 e. The molecular weight excluding hydrogens is 202 g/mol. The van der Waals surface area contributed by atoms with Gasteiger partial charge in [-0.2, -0.15) is 5.10 Å². The van der Waals surface area contributed by atoms with E-state index in [0.717, 1.165) is 31.7 Å². The van der Waals surface area contributed by atoms with Gasteiger partial charge in [0.2, 0.25) is 0 Å². The fourth-order valence-corrected chi connectivity index (χ4v) is 2.35. The van der Waals surface area contributed by atoms with E-state index in [0.29, 0.717) is 12.1 Å². The van der Waals surface area contributed by atoms with Gasteiger partial charge in [-0.15, -0.1) is 0 Å². The summed E-state index contributed by atoms with van der Waals surface area (Å²) in [4.78, 5) is 0. The molecule has 4 nitrogen and oxygen atoms in total. The van der Waals surface area contributed by atoms with Crippen LogP contribution in [-0.2, 0) is 11.8 Å². The van der Waals surface area contributed by atoms with Crippen LogP contribution in [0.2, 0.25) is 0 Å². The molecule has 4 heteroatoms. The number of nitrogens with zero attached hydrogens (tertiary/aromatic N) is 2. The normalized spacial score (nSPS) is 19.9. The van der Waals surface area contributed by atoms with Crippen LogP contribution in [0, 0.1) is 6.92 Å². The molecule has 1 unspecified atom stereocenters. The summed E-state index contributed by atoms with van der Waals surface area (Å²) in [5.41, 5.74) is 2.42. The molecule has 16 heavy (non-hydrogen) atoms. The summed E-state index contributed by atoms with van der Waals surface area (Å²) in [6, 6.07) is 0.958. The van der Waals surface area contributed by atoms with Gasteiger partial charge in [-0.3, -0.25) is 4.68 Å². The Bertz CT molecular complexity index is 342. The molecule has 0 radical (unpaired) electrons. The smallest absolute Gasteiger partial charge is 0.0641 e. The van der Waals surface area contributed by atoms with Crippen molar-refractivity contribution in [1.29, 1.82) is 0 Å². The zero-order chi connectivity index (χ0) is 11.5. The van der Waals surface area contributed by atoms with Crippen LogP contribution in [0.5, 0.6) is 0 Å². The van der Waals surface area contributed by atoms with Gasteiger partial charge in [0, 0.05) is 44.1 Å². The molecule has 0 amide bonds. The highest BCUT2D eigenvalue weighted by atomic mass is 16.5. The summed E-state index contributed by atoms with van der Waals surface area (Å²) < 4.78 is 7.24. The first-order valence-corrected chi connectivity index (χ1v) is 6.00. The van der Waals surface area contributed by atoms with Crippen molar-refractivity contribution in [2.45, 2.75) is 38.8 Å². The first-order valence-electron chi connectivity index (χ1n) is 6.00. The highest BCUT2D eigenvalue weighted by Gasteiger charge is 2.18. The standard InChI is InChI=1S/C12H21N3O/c1-9(12-8-15(3)14-10(12)2)13-11-4-6-16-7-5-11/h8-9,11,13H,4-7H2,1-3H3. The summed E-state index contributed by atoms with van der Waals surface area (Å²) in [5, 5.41) is 8.03. The summed E-state index contributed by atoms with van der Waals surface area (Å²) in [6.07, 6.45) is 4.33. The molecule has 1 aromatic rings. The minimum atomic E-state index is 0.372. The van der Waals surface area contributed by atoms with Crippen LogP contribution < -0.4 is 5.32 Å². The van der Waals surface area contributed by atoms with Gasteiger partial charge < -0.3 is 10.1 Å². The minimum Gasteiger partial charge on any atom is -0.381 e. The van der Waals surface area contributed by atoms with E-state index in [-0.39, 0.29) is 0 Å². The predicted octanol–water partition coefficient (Wildman–Crippen LogP) is 1.56. The molecular formula is C12H21N3O. The van der Waals surface area contributed by atoms with E-state index in [1.165, 1.54) is 5.56 Å². The van der Waals surface area contributed by atoms with Gasteiger partial charge >= 0.3 is 0 Å². The van der Waals surface area contributed by atoms with Crippen molar-refractivity contribution in [3.8, 4) is 0 Å². The fourth-order valence-electron chi connectivity index (χ4n) is 2.35. The molecule has 0 aromatic carbocycles. The van der Waals surface area contributed by atoms with E-state index < -0.39 is 0 Å². The van der Waals surface area contributed by atoms with E-state index in [9.17, 15) is 0 Å². The van der Waals surface area contributed by atoms with Gasteiger partial charge in [-0.05, 0) is 26.7 Å². The van der Waals surface area contributed by atoms with E-state index in [1.807, 2.05) is 11.7 Å². The quantitative estimate of drug-likeness (QED) is 0.845. The van der Waals surface area contributed by atoms with Gasteiger partial charge in [0.25, 0.3) is 0 Å². The van der Waals surface area contributed by atoms with Crippen molar-refractivity contribution >= 4 is 0 Å². The Morgan fingerprint density at radius 3 is 2.75 bits per heavy atom. The van der Waals surface area contributed by atoms with Crippen molar-refractivity contribution in [1.82, 2.24) is 15.1 Å². The van der Waals surface area contributed by atoms with Crippen LogP contribution in [0.25, 0.3) is 0 Å². The number of hydrogen-bond donors (Lipinski definition) is 1. The van der Waals surface area contributed by atoms with Gasteiger partial charge in [0.1, 0.15) is 0 Å². The van der Waals surface area contributed by atoms with Gasteiger partial charge in [0.05, 0.1) is 5.69 Å². The van der Waals surface area contributed by atoms with Crippen LogP contribution in [0.1, 0.15) is 37.1 Å². The van der Waals surface area contributed by atoms with Crippen molar-refractivity contribution in [3.63, 3.8) is 0 Å². The predicted molar refractivity (Wildman–Crippen MR) is 63.3 cm³/mol. The Morgan fingerprint density at radius 1 is 1.50 bits per heavy atom. The molecule has 0 aliphatic carbocycles. The molecule has 1 fully saturated rings. The fraction of sp³-hybridized carbons (Fsp3) is 0.750. The van der Waals surface area contributed by atoms with Crippen LogP contribution in [0.4, 0.5) is 0 Å². The number of hydrogen-bond acceptors (Lipinski definition) is 3. The van der Waals surface area contributed by atoms with Gasteiger partial charge in [-0.25, -0.2) is 0 Å². The molecule has 90 valence electrons. The Morgan fingerprint density at radius 2 is 2.19 bits per heavy atom. The van der Waals surface area contributed by atoms with Crippen molar-refractivity contribution in [3.05, 3.63) is 17.5 Å². The van der Waals surface area contributed by atoms with Crippen molar-refractivity contribution in [2.24, 2.45) is 7.05 Å². The highest BCUT2D eigenvalue weighted by Crippen LogP contribution is 2.18. The maximum absolute atomic E-state index is 5.36. The average molecular weight is 223 g/mol. The summed E-state index contributed by atoms with van der Waals surface area (Å²) in [5.74, 6) is 0. The minimum absolute atomic E-state index is 0.372. The zero-order valence-corrected chi connectivity index (χ0v) is 10.4. The summed E-state index contributed by atoms with van der Waals surface area (Å²) in [6.45, 7) is 6.05. The first kappa shape index (κ1) is 11.6. The van der Waals surface area contributed by atoms with Crippen LogP contribution in [0.3, 0.4) is 0 Å². The topological polar surface area (TPSA) is 39.1 Å². The maximum Gasteiger partial charge on any atom is 0.0641 e. The van der Waals surface area contributed by atoms with Crippen molar-refractivity contribution in [2.75, 3.05) is 13.2 Å². The maximum atomic E-state index is 5.36. The molecule has 2 heterocycles. The monoisotopic (exact) mass is 223 g/mol. The molecule has 1 aliphatic rings. The van der Waals surface area contributed by atoms with Crippen LogP contribution in [0.15, 0.2) is 6.20 Å². The Labute approximate surface area is 97.0 Å². The number of aromatic nitrogens is 2. The van der Waals surface area contributed by atoms with Crippen LogP contribution >= 0.6 is 0 Å². The van der Waals surface area contributed by atoms with Crippen molar-refractivity contribution < 1.29 is 4.74 Å². The first-order chi connectivity index (χ1) is 7.66. The number of ether oxygens (including phenoxy) is 1. The molecule has 1 saturated heterocycles. The number of rotatable bonds is 3. The molecule has 0 saturated carbocycles. The van der Waals surface area contributed by atoms with E-state index >= 15 is 0 Å². The average Bonchev–Trinajstić information content (AvgIpc) is 2.59. The lowest BCUT2D eigenvalue weighted by atomic mass is 10.0. The number of nitrogens with one attached hydrogen (secondary N) is 1. The molecule has 0 bridgehead atoms. The third-order valence-electron chi connectivity index (χ3n) is 3.22. The zero-order valence-electron chi connectivity index (χ0n) is 10.4. The number of aryl methyl sites for hydroxylation is 2. The van der Waals surface area contributed by atoms with E-state index in [1.54, 1.807) is 0 Å². The Hall–Kier alpha value is -0.870. The molecule has 1 atom stereocenters. The van der Waals surface area contributed by atoms with E-state index in [4.69, 9.17) is 4.74 Å². The third-order valence-corrected chi connectivity index (χ3v) is 3.22. The summed E-state index contributed by atoms with van der Waals surface area (Å²) in [7, 11) is 1.97. The Balaban J connectivity index is 1.96. The third kappa shape index (κ3) is 2.62. The van der Waals surface area contributed by atoms with Crippen LogP contribution in [-0.4, -0.2) is 29.0 Å². The second kappa shape index (κ2) is 4.97. The molecule has 1 N–H and O–H groups in total.